The number of hydrogen-bond acceptors (Lipinski definition) is 0. The van der Waals surface area contributed by atoms with E-state index in [9.17, 15) is 0 Å². The minimum atomic E-state index is 0.839. The van der Waals surface area contributed by atoms with Crippen molar-refractivity contribution in [2.75, 3.05) is 0 Å². The first-order chi connectivity index (χ1) is 7.90. The van der Waals surface area contributed by atoms with Gasteiger partial charge in [-0.3, -0.25) is 0 Å². The molecule has 1 saturated carbocycles. The maximum atomic E-state index is 2.37. The quantitative estimate of drug-likeness (QED) is 0.647. The van der Waals surface area contributed by atoms with E-state index in [1.54, 1.807) is 5.56 Å². The Labute approximate surface area is 100 Å². The van der Waals surface area contributed by atoms with Gasteiger partial charge in [0.2, 0.25) is 0 Å². The zero-order chi connectivity index (χ0) is 11.2. The molecular formula is C16H24. The van der Waals surface area contributed by atoms with Crippen molar-refractivity contribution in [3.05, 3.63) is 35.4 Å². The van der Waals surface area contributed by atoms with Gasteiger partial charge in [-0.25, -0.2) is 0 Å². The Morgan fingerprint density at radius 2 is 1.44 bits per heavy atom. The number of rotatable bonds is 2. The molecule has 0 heterocycles. The van der Waals surface area contributed by atoms with Crippen LogP contribution in [0.3, 0.4) is 0 Å². The Kier molecular flexibility index (Phi) is 4.44. The molecule has 0 heteroatoms. The van der Waals surface area contributed by atoms with E-state index >= 15 is 0 Å². The molecule has 1 aromatic rings. The molecule has 1 aliphatic rings. The third-order valence-electron chi connectivity index (χ3n) is 3.96. The van der Waals surface area contributed by atoms with Crippen LogP contribution in [-0.2, 0) is 6.42 Å². The molecule has 0 bridgehead atoms. The molecule has 2 rings (SSSR count). The van der Waals surface area contributed by atoms with Gasteiger partial charge in [-0.1, -0.05) is 63.3 Å². The molecule has 88 valence electrons. The first-order valence-corrected chi connectivity index (χ1v) is 6.99. The summed E-state index contributed by atoms with van der Waals surface area (Å²) in [5, 5.41) is 0. The van der Waals surface area contributed by atoms with E-state index in [0.717, 1.165) is 12.3 Å². The SMILES string of the molecule is CCc1ccc(C2CCCCCCC2)cc1. The maximum Gasteiger partial charge on any atom is -0.0162 e. The third kappa shape index (κ3) is 3.10. The Balaban J connectivity index is 2.02. The van der Waals surface area contributed by atoms with Crippen molar-refractivity contribution >= 4 is 0 Å². The molecule has 0 amide bonds. The molecule has 1 aliphatic carbocycles. The van der Waals surface area contributed by atoms with Crippen molar-refractivity contribution in [2.24, 2.45) is 0 Å². The van der Waals surface area contributed by atoms with Crippen molar-refractivity contribution in [1.29, 1.82) is 0 Å². The lowest BCUT2D eigenvalue weighted by Gasteiger charge is -2.20. The fraction of sp³-hybridized carbons (Fsp3) is 0.625. The van der Waals surface area contributed by atoms with Crippen LogP contribution in [0, 0.1) is 0 Å². The summed E-state index contributed by atoms with van der Waals surface area (Å²) < 4.78 is 0. The summed E-state index contributed by atoms with van der Waals surface area (Å²) in [6, 6.07) is 9.36. The summed E-state index contributed by atoms with van der Waals surface area (Å²) in [5.74, 6) is 0.839. The van der Waals surface area contributed by atoms with Gasteiger partial charge in [-0.05, 0) is 36.3 Å². The van der Waals surface area contributed by atoms with Gasteiger partial charge in [0.1, 0.15) is 0 Å². The predicted octanol–water partition coefficient (Wildman–Crippen LogP) is 5.08. The van der Waals surface area contributed by atoms with E-state index in [1.165, 1.54) is 50.5 Å². The van der Waals surface area contributed by atoms with E-state index in [1.807, 2.05) is 0 Å². The van der Waals surface area contributed by atoms with E-state index < -0.39 is 0 Å². The summed E-state index contributed by atoms with van der Waals surface area (Å²) >= 11 is 0. The highest BCUT2D eigenvalue weighted by atomic mass is 14.2. The monoisotopic (exact) mass is 216 g/mol. The Morgan fingerprint density at radius 3 is 2.00 bits per heavy atom. The van der Waals surface area contributed by atoms with E-state index in [2.05, 4.69) is 31.2 Å². The van der Waals surface area contributed by atoms with Crippen LogP contribution in [0.2, 0.25) is 0 Å². The summed E-state index contributed by atoms with van der Waals surface area (Å²) in [7, 11) is 0. The van der Waals surface area contributed by atoms with E-state index in [-0.39, 0.29) is 0 Å². The largest absolute Gasteiger partial charge is 0.0613 e. The van der Waals surface area contributed by atoms with Crippen molar-refractivity contribution in [2.45, 2.75) is 64.2 Å². The van der Waals surface area contributed by atoms with Gasteiger partial charge < -0.3 is 0 Å². The molecule has 1 aromatic carbocycles. The fourth-order valence-electron chi connectivity index (χ4n) is 2.81. The predicted molar refractivity (Wildman–Crippen MR) is 70.9 cm³/mol. The maximum absolute atomic E-state index is 2.37. The molecular weight excluding hydrogens is 192 g/mol. The highest BCUT2D eigenvalue weighted by molar-refractivity contribution is 5.25. The molecule has 16 heavy (non-hydrogen) atoms. The first kappa shape index (κ1) is 11.7. The van der Waals surface area contributed by atoms with Crippen LogP contribution in [0.25, 0.3) is 0 Å². The van der Waals surface area contributed by atoms with Crippen molar-refractivity contribution in [3.8, 4) is 0 Å². The summed E-state index contributed by atoms with van der Waals surface area (Å²) in [6.45, 7) is 2.23. The van der Waals surface area contributed by atoms with Gasteiger partial charge in [0.25, 0.3) is 0 Å². The molecule has 0 unspecified atom stereocenters. The van der Waals surface area contributed by atoms with Crippen LogP contribution in [-0.4, -0.2) is 0 Å². The van der Waals surface area contributed by atoms with Crippen molar-refractivity contribution in [3.63, 3.8) is 0 Å². The van der Waals surface area contributed by atoms with Gasteiger partial charge in [-0.2, -0.15) is 0 Å². The van der Waals surface area contributed by atoms with Gasteiger partial charge in [-0.15, -0.1) is 0 Å². The van der Waals surface area contributed by atoms with Crippen LogP contribution < -0.4 is 0 Å². The van der Waals surface area contributed by atoms with Gasteiger partial charge in [0.15, 0.2) is 0 Å². The molecule has 1 fully saturated rings. The Bertz CT molecular complexity index is 288. The van der Waals surface area contributed by atoms with Gasteiger partial charge in [0.05, 0.1) is 0 Å². The highest BCUT2D eigenvalue weighted by Crippen LogP contribution is 2.30. The lowest BCUT2D eigenvalue weighted by atomic mass is 9.86. The summed E-state index contributed by atoms with van der Waals surface area (Å²) in [5.41, 5.74) is 3.05. The molecule has 0 radical (unpaired) electrons. The molecule has 0 atom stereocenters. The van der Waals surface area contributed by atoms with E-state index in [0.29, 0.717) is 0 Å². The van der Waals surface area contributed by atoms with Gasteiger partial charge in [0, 0.05) is 0 Å². The number of hydrogen-bond donors (Lipinski definition) is 0. The average molecular weight is 216 g/mol. The highest BCUT2D eigenvalue weighted by Gasteiger charge is 2.12. The normalized spacial score (nSPS) is 19.1. The second-order valence-electron chi connectivity index (χ2n) is 5.14. The average Bonchev–Trinajstić information content (AvgIpc) is 2.29. The zero-order valence-corrected chi connectivity index (χ0v) is 10.5. The molecule has 0 aromatic heterocycles. The van der Waals surface area contributed by atoms with Gasteiger partial charge >= 0.3 is 0 Å². The molecule has 0 nitrogen and oxygen atoms in total. The zero-order valence-electron chi connectivity index (χ0n) is 10.5. The van der Waals surface area contributed by atoms with Crippen LogP contribution in [0.5, 0.6) is 0 Å². The standard InChI is InChI=1S/C16H24/c1-2-14-10-12-16(13-11-14)15-8-6-4-3-5-7-9-15/h10-13,15H,2-9H2,1H3. The summed E-state index contributed by atoms with van der Waals surface area (Å²) in [6.07, 6.45) is 11.2. The Morgan fingerprint density at radius 1 is 0.875 bits per heavy atom. The van der Waals surface area contributed by atoms with Crippen LogP contribution >= 0.6 is 0 Å². The smallest absolute Gasteiger partial charge is 0.0162 e. The van der Waals surface area contributed by atoms with Crippen LogP contribution in [0.1, 0.15) is 68.9 Å². The topological polar surface area (TPSA) is 0 Å². The fourth-order valence-corrected chi connectivity index (χ4v) is 2.81. The summed E-state index contributed by atoms with van der Waals surface area (Å²) in [4.78, 5) is 0. The third-order valence-corrected chi connectivity index (χ3v) is 3.96. The minimum Gasteiger partial charge on any atom is -0.0613 e. The first-order valence-electron chi connectivity index (χ1n) is 6.99. The number of benzene rings is 1. The second kappa shape index (κ2) is 6.08. The van der Waals surface area contributed by atoms with Crippen LogP contribution in [0.4, 0.5) is 0 Å². The molecule has 0 N–H and O–H groups in total. The Hall–Kier alpha value is -0.780. The van der Waals surface area contributed by atoms with Crippen molar-refractivity contribution < 1.29 is 0 Å². The lowest BCUT2D eigenvalue weighted by molar-refractivity contribution is 0.455. The molecule has 0 spiro atoms. The number of aryl methyl sites for hydroxylation is 1. The molecule has 0 saturated heterocycles. The van der Waals surface area contributed by atoms with E-state index in [4.69, 9.17) is 0 Å². The van der Waals surface area contributed by atoms with Crippen molar-refractivity contribution in [1.82, 2.24) is 0 Å². The van der Waals surface area contributed by atoms with Crippen LogP contribution in [0.15, 0.2) is 24.3 Å². The lowest BCUT2D eigenvalue weighted by Crippen LogP contribution is -2.02. The molecule has 0 aliphatic heterocycles. The minimum absolute atomic E-state index is 0.839. The second-order valence-corrected chi connectivity index (χ2v) is 5.14.